The lowest BCUT2D eigenvalue weighted by molar-refractivity contribution is 0.387. The van der Waals surface area contributed by atoms with Gasteiger partial charge in [-0.15, -0.1) is 37.7 Å². The maximum absolute atomic E-state index is 5.58. The highest BCUT2D eigenvalue weighted by atomic mass is 32.1. The second-order valence-corrected chi connectivity index (χ2v) is 15.3. The lowest BCUT2D eigenvalue weighted by Crippen LogP contribution is -2.28. The highest BCUT2D eigenvalue weighted by Crippen LogP contribution is 2.45. The first-order valence-electron chi connectivity index (χ1n) is 21.6. The molecule has 328 valence electrons. The van der Waals surface area contributed by atoms with Crippen LogP contribution in [0.15, 0.2) is 130 Å². The van der Waals surface area contributed by atoms with Crippen LogP contribution in [0.1, 0.15) is 90.7 Å². The molecule has 0 radical (unpaired) electrons. The van der Waals surface area contributed by atoms with Crippen LogP contribution in [0.25, 0.3) is 22.3 Å². The molecule has 60 heavy (non-hydrogen) atoms. The number of hydrogen-bond acceptors (Lipinski definition) is 9. The number of benzene rings is 2. The highest BCUT2D eigenvalue weighted by Gasteiger charge is 2.37. The van der Waals surface area contributed by atoms with Crippen molar-refractivity contribution in [3.63, 3.8) is 0 Å². The highest BCUT2D eigenvalue weighted by molar-refractivity contribution is 7.14. The Kier molecular flexibility index (Phi) is 26.4. The SMILES string of the molecule is C=C.C=C.C=C1Nc2ccccc2NCCCCC/C=C\C2C[C@H]12.C=CN1CCCC1C(=C)N.CC.CCc1ccc2c(C)cc(-c3csc(NC(C)C)n3)nc2c1.CN. The second-order valence-electron chi connectivity index (χ2n) is 14.4. The van der Waals surface area contributed by atoms with Crippen molar-refractivity contribution in [2.75, 3.05) is 36.1 Å². The molecular formula is C51H78N8S. The number of fused-ring (bicyclic) bond motifs is 3. The van der Waals surface area contributed by atoms with E-state index in [1.54, 1.807) is 11.3 Å². The van der Waals surface area contributed by atoms with Gasteiger partial charge in [-0.05, 0) is 120 Å². The zero-order valence-corrected chi connectivity index (χ0v) is 39.0. The van der Waals surface area contributed by atoms with E-state index >= 15 is 0 Å². The monoisotopic (exact) mass is 835 g/mol. The van der Waals surface area contributed by atoms with Crippen molar-refractivity contribution in [3.05, 3.63) is 141 Å². The number of para-hydroxylation sites is 2. The maximum atomic E-state index is 5.58. The molecular weight excluding hydrogens is 757 g/mol. The summed E-state index contributed by atoms with van der Waals surface area (Å²) in [6, 6.07) is 17.8. The average Bonchev–Trinajstić information content (AvgIpc) is 3.62. The first kappa shape index (κ1) is 52.9. The van der Waals surface area contributed by atoms with Crippen molar-refractivity contribution in [1.29, 1.82) is 0 Å². The van der Waals surface area contributed by atoms with Crippen molar-refractivity contribution in [1.82, 2.24) is 14.9 Å². The van der Waals surface area contributed by atoms with Crippen molar-refractivity contribution in [2.45, 2.75) is 105 Å². The number of allylic oxidation sites excluding steroid dienone is 3. The van der Waals surface area contributed by atoms with Gasteiger partial charge in [0, 0.05) is 47.2 Å². The van der Waals surface area contributed by atoms with E-state index in [0.29, 0.717) is 23.9 Å². The van der Waals surface area contributed by atoms with E-state index in [4.69, 9.17) is 10.7 Å². The van der Waals surface area contributed by atoms with Gasteiger partial charge in [-0.25, -0.2) is 9.97 Å². The predicted octanol–water partition coefficient (Wildman–Crippen LogP) is 13.1. The number of pyridine rings is 1. The first-order chi connectivity index (χ1) is 29.2. The third-order valence-corrected chi connectivity index (χ3v) is 10.7. The number of nitrogens with zero attached hydrogens (tertiary/aromatic N) is 3. The number of thiazole rings is 1. The summed E-state index contributed by atoms with van der Waals surface area (Å²) < 4.78 is 0. The van der Waals surface area contributed by atoms with Gasteiger partial charge in [0.1, 0.15) is 5.69 Å². The van der Waals surface area contributed by atoms with E-state index in [-0.39, 0.29) is 0 Å². The summed E-state index contributed by atoms with van der Waals surface area (Å²) in [6.07, 6.45) is 16.3. The van der Waals surface area contributed by atoms with E-state index < -0.39 is 0 Å². The van der Waals surface area contributed by atoms with Gasteiger partial charge in [0.25, 0.3) is 0 Å². The Hall–Kier alpha value is -5.12. The molecule has 0 amide bonds. The van der Waals surface area contributed by atoms with Crippen molar-refractivity contribution in [2.24, 2.45) is 23.3 Å². The lowest BCUT2D eigenvalue weighted by atomic mass is 10.0. The number of nitrogens with one attached hydrogen (secondary N) is 3. The number of nitrogens with two attached hydrogens (primary N) is 2. The van der Waals surface area contributed by atoms with E-state index in [2.05, 4.69) is 171 Å². The molecule has 7 rings (SSSR count). The normalized spacial score (nSPS) is 18.0. The molecule has 3 atom stereocenters. The van der Waals surface area contributed by atoms with Crippen LogP contribution in [-0.2, 0) is 6.42 Å². The quantitative estimate of drug-likeness (QED) is 0.122. The van der Waals surface area contributed by atoms with Gasteiger partial charge in [-0.2, -0.15) is 0 Å². The molecule has 4 aromatic rings. The second kappa shape index (κ2) is 30.0. The molecule has 2 fully saturated rings. The summed E-state index contributed by atoms with van der Waals surface area (Å²) >= 11 is 1.63. The Labute approximate surface area is 368 Å². The summed E-state index contributed by atoms with van der Waals surface area (Å²) in [6.45, 7) is 38.3. The largest absolute Gasteiger partial charge is 0.401 e. The van der Waals surface area contributed by atoms with E-state index in [1.165, 1.54) is 67.8 Å². The van der Waals surface area contributed by atoms with Crippen LogP contribution in [0, 0.1) is 18.8 Å². The minimum Gasteiger partial charge on any atom is -0.401 e. The number of likely N-dealkylation sites (tertiary alicyclic amines) is 1. The number of hydrogen-bond donors (Lipinski definition) is 5. The number of anilines is 3. The maximum Gasteiger partial charge on any atom is 0.183 e. The molecule has 0 bridgehead atoms. The summed E-state index contributed by atoms with van der Waals surface area (Å²) in [5.74, 6) is 1.32. The van der Waals surface area contributed by atoms with Crippen LogP contribution in [0.3, 0.4) is 0 Å². The number of aromatic nitrogens is 2. The molecule has 7 N–H and O–H groups in total. The van der Waals surface area contributed by atoms with Crippen LogP contribution >= 0.6 is 11.3 Å². The van der Waals surface area contributed by atoms with Crippen LogP contribution in [0.5, 0.6) is 0 Å². The lowest BCUT2D eigenvalue weighted by Gasteiger charge is -2.21. The molecule has 2 aromatic heterocycles. The van der Waals surface area contributed by atoms with Gasteiger partial charge in [-0.3, -0.25) is 0 Å². The summed E-state index contributed by atoms with van der Waals surface area (Å²) in [4.78, 5) is 11.6. The predicted molar refractivity (Wildman–Crippen MR) is 270 cm³/mol. The fourth-order valence-electron chi connectivity index (χ4n) is 6.81. The molecule has 1 saturated heterocycles. The standard InChI is InChI=1S/C18H21N3S.C18H24N2.C8H14N2.C2H6.2C2H4.CH5N/c1-5-13-6-7-14-12(4)8-16(20-15(14)9-13)17-10-22-18(21-17)19-11(2)3;1-14-16-13-15(16)9-5-3-2-4-8-12-19-17-10-6-7-11-18(17)20-14;1-3-10-6-4-5-8(10)7(2)9;4*1-2/h6-11H,5H2,1-4H3,(H,19,21);5-7,9-11,15-16,19-20H,1-4,8,12-13H2;3,8H,1-2,4-6,9H2;1-2H3;2*1-2H2;2H2,1H3/b;9-5-;;;;;/t;15?,16-;;;;;/m.1...../s1. The minimum atomic E-state index is 0.345. The molecule has 4 heterocycles. The Bertz CT molecular complexity index is 1880. The van der Waals surface area contributed by atoms with Crippen molar-refractivity contribution >= 4 is 38.7 Å². The Morgan fingerprint density at radius 2 is 1.68 bits per heavy atom. The molecule has 1 aliphatic carbocycles. The fourth-order valence-corrected chi connectivity index (χ4v) is 7.66. The fraction of sp³-hybridized carbons (Fsp3) is 0.412. The van der Waals surface area contributed by atoms with Crippen molar-refractivity contribution < 1.29 is 0 Å². The molecule has 9 heteroatoms. The van der Waals surface area contributed by atoms with Gasteiger partial charge in [0.15, 0.2) is 5.13 Å². The molecule has 2 aromatic carbocycles. The van der Waals surface area contributed by atoms with Gasteiger partial charge < -0.3 is 32.3 Å². The molecule has 3 aliphatic rings. The van der Waals surface area contributed by atoms with Crippen LogP contribution in [-0.4, -0.2) is 47.1 Å². The van der Waals surface area contributed by atoms with Crippen molar-refractivity contribution in [3.8, 4) is 11.4 Å². The average molecular weight is 835 g/mol. The molecule has 0 spiro atoms. The van der Waals surface area contributed by atoms with Gasteiger partial charge in [0.2, 0.25) is 0 Å². The molecule has 2 unspecified atom stereocenters. The Morgan fingerprint density at radius 3 is 2.32 bits per heavy atom. The van der Waals surface area contributed by atoms with Gasteiger partial charge in [-0.1, -0.05) is 83.3 Å². The van der Waals surface area contributed by atoms with Crippen LogP contribution in [0.2, 0.25) is 0 Å². The molecule has 2 aliphatic heterocycles. The summed E-state index contributed by atoms with van der Waals surface area (Å²) in [7, 11) is 1.50. The van der Waals surface area contributed by atoms with E-state index in [9.17, 15) is 0 Å². The Morgan fingerprint density at radius 1 is 0.983 bits per heavy atom. The summed E-state index contributed by atoms with van der Waals surface area (Å²) in [5, 5.41) is 14.6. The zero-order chi connectivity index (χ0) is 45.0. The zero-order valence-electron chi connectivity index (χ0n) is 38.2. The topological polar surface area (TPSA) is 117 Å². The van der Waals surface area contributed by atoms with Gasteiger partial charge >= 0.3 is 0 Å². The number of rotatable bonds is 6. The van der Waals surface area contributed by atoms with E-state index in [0.717, 1.165) is 65.0 Å². The third kappa shape index (κ3) is 17.2. The minimum absolute atomic E-state index is 0.345. The Balaban J connectivity index is 0.000000435. The first-order valence-corrected chi connectivity index (χ1v) is 22.5. The van der Waals surface area contributed by atoms with Crippen LogP contribution in [0.4, 0.5) is 16.5 Å². The third-order valence-electron chi connectivity index (χ3n) is 9.88. The number of aryl methyl sites for hydroxylation is 2. The smallest absolute Gasteiger partial charge is 0.183 e. The van der Waals surface area contributed by atoms with Gasteiger partial charge in [0.05, 0.1) is 28.6 Å². The van der Waals surface area contributed by atoms with Crippen LogP contribution < -0.4 is 27.4 Å². The molecule has 1 saturated carbocycles. The van der Waals surface area contributed by atoms with E-state index in [1.807, 2.05) is 20.0 Å². The molecule has 8 nitrogen and oxygen atoms in total. The summed E-state index contributed by atoms with van der Waals surface area (Å²) in [5.41, 5.74) is 19.9.